The van der Waals surface area contributed by atoms with Crippen molar-refractivity contribution in [2.45, 2.75) is 13.8 Å². The summed E-state index contributed by atoms with van der Waals surface area (Å²) in [5.74, 6) is 0. The van der Waals surface area contributed by atoms with Gasteiger partial charge in [-0.05, 0) is 13.8 Å². The minimum Gasteiger partial charge on any atom is -1.00 e. The average molecular weight is 347 g/mol. The number of ether oxygens (including phenoxy) is 1. The molecule has 7 heteroatoms. The maximum Gasteiger partial charge on any atom is 2.00 e. The maximum absolute atomic E-state index is 9.59. The molecule has 0 saturated heterocycles. The van der Waals surface area contributed by atoms with Crippen molar-refractivity contribution in [2.75, 3.05) is 39.9 Å². The number of halogens is 1. The Bertz CT molecular complexity index is 116. The van der Waals surface area contributed by atoms with E-state index in [0.717, 1.165) is 13.2 Å². The Morgan fingerprint density at radius 2 is 1.00 bits per heavy atom. The molecule has 0 N–H and O–H groups in total. The van der Waals surface area contributed by atoms with E-state index >= 15 is 0 Å². The maximum atomic E-state index is 9.59. The zero-order valence-corrected chi connectivity index (χ0v) is 16.4. The monoisotopic (exact) mass is 346 g/mol. The van der Waals surface area contributed by atoms with Gasteiger partial charge in [0.2, 0.25) is 0 Å². The van der Waals surface area contributed by atoms with E-state index in [1.54, 1.807) is 26.7 Å². The van der Waals surface area contributed by atoms with Crippen molar-refractivity contribution in [2.24, 2.45) is 0 Å². The summed E-state index contributed by atoms with van der Waals surface area (Å²) >= 11 is 0. The Labute approximate surface area is 130 Å². The molecule has 0 heterocycles. The molecule has 0 spiro atoms. The van der Waals surface area contributed by atoms with Gasteiger partial charge in [0.1, 0.15) is 26.7 Å². The van der Waals surface area contributed by atoms with E-state index < -0.39 is 15.6 Å². The van der Waals surface area contributed by atoms with Crippen LogP contribution in [0.3, 0.4) is 0 Å². The number of rotatable bonds is 2. The summed E-state index contributed by atoms with van der Waals surface area (Å²) in [6.45, 7) is 12.4. The largest absolute Gasteiger partial charge is 2.00 e. The van der Waals surface area contributed by atoms with E-state index in [2.05, 4.69) is 0 Å². The third-order valence-electron chi connectivity index (χ3n) is 0.408. The molecule has 0 aliphatic rings. The van der Waals surface area contributed by atoms with Crippen LogP contribution in [0.5, 0.6) is 0 Å². The Hall–Kier alpha value is 1.41. The normalized spacial score (nSPS) is 5.88. The van der Waals surface area contributed by atoms with Gasteiger partial charge in [0, 0.05) is 13.2 Å². The molecule has 0 radical (unpaired) electrons. The first-order valence-corrected chi connectivity index (χ1v) is 8.45. The van der Waals surface area contributed by atoms with Gasteiger partial charge in [-0.1, -0.05) is 9.13 Å². The molecule has 0 atom stereocenters. The predicted octanol–water partition coefficient (Wildman–Crippen LogP) is 0.263. The van der Waals surface area contributed by atoms with Crippen molar-refractivity contribution >= 4 is 38.7 Å². The van der Waals surface area contributed by atoms with Gasteiger partial charge in [0.05, 0.1) is 0 Å². The van der Waals surface area contributed by atoms with Gasteiger partial charge in [-0.3, -0.25) is 0 Å². The second-order valence-electron chi connectivity index (χ2n) is 2.41. The fourth-order valence-corrected chi connectivity index (χ4v) is 0.204. The third kappa shape index (κ3) is 276. The minimum absolute atomic E-state index is 0. The van der Waals surface area contributed by atoms with Crippen molar-refractivity contribution in [1.29, 1.82) is 0 Å². The molecular formula is C9H25BrMgO3P2+2. The summed E-state index contributed by atoms with van der Waals surface area (Å²) in [4.78, 5) is 0. The molecule has 0 aliphatic heterocycles. The van der Waals surface area contributed by atoms with Gasteiger partial charge in [-0.15, -0.1) is 0 Å². The standard InChI is InChI=1S/C4H10O.2C2H6OP.CH3.BrH.Mg/c1-3-5-4-2;2*1-4(2)3;;;/h3-4H2,1-2H3;2*1-2H3;1H3;1H;/q;2*+1;-1;;+2/p-1. The van der Waals surface area contributed by atoms with E-state index in [1.807, 2.05) is 13.8 Å². The van der Waals surface area contributed by atoms with Gasteiger partial charge in [-0.2, -0.15) is 0 Å². The van der Waals surface area contributed by atoms with Crippen LogP contribution in [-0.4, -0.2) is 62.9 Å². The Morgan fingerprint density at radius 3 is 1.00 bits per heavy atom. The second-order valence-corrected chi connectivity index (χ2v) is 5.66. The van der Waals surface area contributed by atoms with Crippen LogP contribution < -0.4 is 17.0 Å². The SMILES string of the molecule is CCOCC.C[P+](C)=O.C[P+](C)=O.[Br-].[CH3-].[Mg+2]. The summed E-state index contributed by atoms with van der Waals surface area (Å²) in [5, 5.41) is 0. The molecule has 96 valence electrons. The first kappa shape index (κ1) is 36.0. The van der Waals surface area contributed by atoms with Crippen LogP contribution in [-0.2, 0) is 13.9 Å². The van der Waals surface area contributed by atoms with Crippen molar-refractivity contribution in [1.82, 2.24) is 0 Å². The topological polar surface area (TPSA) is 43.4 Å². The molecule has 0 aromatic rings. The van der Waals surface area contributed by atoms with Gasteiger partial charge in [-0.25, -0.2) is 0 Å². The molecule has 0 amide bonds. The van der Waals surface area contributed by atoms with Crippen molar-refractivity contribution in [3.05, 3.63) is 7.43 Å². The Morgan fingerprint density at radius 1 is 0.875 bits per heavy atom. The van der Waals surface area contributed by atoms with Crippen LogP contribution >= 0.6 is 15.6 Å². The average Bonchev–Trinajstić information content (AvgIpc) is 1.86. The first-order chi connectivity index (χ1) is 5.88. The molecule has 3 nitrogen and oxygen atoms in total. The molecule has 0 bridgehead atoms. The van der Waals surface area contributed by atoms with Crippen LogP contribution in [0.2, 0.25) is 0 Å². The zero-order chi connectivity index (χ0) is 11.3. The van der Waals surface area contributed by atoms with Crippen LogP contribution in [0.4, 0.5) is 0 Å². The van der Waals surface area contributed by atoms with Gasteiger partial charge >= 0.3 is 38.7 Å². The minimum atomic E-state index is -0.870. The number of hydrogen-bond acceptors (Lipinski definition) is 3. The molecule has 0 saturated carbocycles. The Kier molecular flexibility index (Phi) is 80.9. The summed E-state index contributed by atoms with van der Waals surface area (Å²) in [7, 11) is -1.74. The van der Waals surface area contributed by atoms with Crippen LogP contribution in [0.1, 0.15) is 13.8 Å². The second kappa shape index (κ2) is 36.0. The molecule has 0 fully saturated rings. The molecule has 16 heavy (non-hydrogen) atoms. The van der Waals surface area contributed by atoms with Crippen LogP contribution in [0.15, 0.2) is 0 Å². The van der Waals surface area contributed by atoms with Gasteiger partial charge in [0.15, 0.2) is 0 Å². The molecule has 0 unspecified atom stereocenters. The quantitative estimate of drug-likeness (QED) is 0.409. The molecule has 0 aromatic heterocycles. The number of hydrogen-bond donors (Lipinski definition) is 0. The van der Waals surface area contributed by atoms with Gasteiger partial charge < -0.3 is 29.1 Å². The smallest absolute Gasteiger partial charge is 1.00 e. The van der Waals surface area contributed by atoms with E-state index in [9.17, 15) is 9.13 Å². The Balaban J connectivity index is -0.0000000216. The van der Waals surface area contributed by atoms with Crippen LogP contribution in [0.25, 0.3) is 0 Å². The molecule has 0 aromatic carbocycles. The fourth-order valence-electron chi connectivity index (χ4n) is 0.204. The molecular weight excluding hydrogens is 322 g/mol. The predicted molar refractivity (Wildman–Crippen MR) is 73.2 cm³/mol. The van der Waals surface area contributed by atoms with Crippen molar-refractivity contribution < 1.29 is 30.8 Å². The van der Waals surface area contributed by atoms with E-state index in [4.69, 9.17) is 4.74 Å². The fraction of sp³-hybridized carbons (Fsp3) is 0.889. The van der Waals surface area contributed by atoms with E-state index in [-0.39, 0.29) is 47.5 Å². The zero-order valence-electron chi connectivity index (χ0n) is 11.6. The van der Waals surface area contributed by atoms with Crippen molar-refractivity contribution in [3.63, 3.8) is 0 Å². The van der Waals surface area contributed by atoms with Crippen LogP contribution in [0, 0.1) is 7.43 Å². The summed E-state index contributed by atoms with van der Waals surface area (Å²) < 4.78 is 24.0. The van der Waals surface area contributed by atoms with E-state index in [1.165, 1.54) is 0 Å². The molecule has 0 rings (SSSR count). The summed E-state index contributed by atoms with van der Waals surface area (Å²) in [5.41, 5.74) is 0. The summed E-state index contributed by atoms with van der Waals surface area (Å²) in [6.07, 6.45) is 0. The van der Waals surface area contributed by atoms with E-state index in [0.29, 0.717) is 0 Å². The summed E-state index contributed by atoms with van der Waals surface area (Å²) in [6, 6.07) is 0. The third-order valence-corrected chi connectivity index (χ3v) is 0.408. The van der Waals surface area contributed by atoms with Crippen molar-refractivity contribution in [3.8, 4) is 0 Å². The van der Waals surface area contributed by atoms with Gasteiger partial charge in [0.25, 0.3) is 0 Å². The molecule has 0 aliphatic carbocycles. The first-order valence-electron chi connectivity index (χ1n) is 4.15.